The van der Waals surface area contributed by atoms with Gasteiger partial charge in [-0.05, 0) is 48.2 Å². The Kier molecular flexibility index (Phi) is 6.88. The maximum absolute atomic E-state index is 12.6. The third kappa shape index (κ3) is 5.29. The maximum Gasteiger partial charge on any atom is 0.251 e. The van der Waals surface area contributed by atoms with Crippen molar-refractivity contribution in [2.75, 3.05) is 44.2 Å². The molecule has 0 atom stereocenters. The minimum absolute atomic E-state index is 0.00487. The smallest absolute Gasteiger partial charge is 0.251 e. The second-order valence-electron chi connectivity index (χ2n) is 8.86. The molecule has 0 spiro atoms. The molecule has 3 aromatic carbocycles. The van der Waals surface area contributed by atoms with E-state index in [-0.39, 0.29) is 5.91 Å². The molecule has 1 N–H and O–H groups in total. The van der Waals surface area contributed by atoms with Gasteiger partial charge in [0.1, 0.15) is 0 Å². The lowest BCUT2D eigenvalue weighted by molar-refractivity contribution is 0.0948. The van der Waals surface area contributed by atoms with Crippen LogP contribution in [0.3, 0.4) is 0 Å². The lowest BCUT2D eigenvalue weighted by Crippen LogP contribution is -2.48. The average molecular weight is 471 g/mol. The highest BCUT2D eigenvalue weighted by atomic mass is 32.1. The van der Waals surface area contributed by atoms with Crippen molar-refractivity contribution in [3.63, 3.8) is 0 Å². The monoisotopic (exact) mass is 470 g/mol. The predicted octanol–water partition coefficient (Wildman–Crippen LogP) is 4.75. The lowest BCUT2D eigenvalue weighted by atomic mass is 10.0. The highest BCUT2D eigenvalue weighted by Crippen LogP contribution is 2.30. The van der Waals surface area contributed by atoms with Gasteiger partial charge in [0.25, 0.3) is 5.91 Å². The number of thiazole rings is 1. The average Bonchev–Trinajstić information content (AvgIpc) is 3.31. The van der Waals surface area contributed by atoms with Crippen LogP contribution < -0.4 is 10.2 Å². The van der Waals surface area contributed by atoms with E-state index in [1.807, 2.05) is 30.3 Å². The fourth-order valence-corrected chi connectivity index (χ4v) is 5.50. The molecule has 34 heavy (non-hydrogen) atoms. The first-order valence-electron chi connectivity index (χ1n) is 11.9. The van der Waals surface area contributed by atoms with Crippen LogP contribution in [0.1, 0.15) is 27.0 Å². The second-order valence-corrected chi connectivity index (χ2v) is 9.87. The van der Waals surface area contributed by atoms with Crippen molar-refractivity contribution in [1.29, 1.82) is 0 Å². The first-order valence-corrected chi connectivity index (χ1v) is 12.7. The summed E-state index contributed by atoms with van der Waals surface area (Å²) in [6.07, 6.45) is 0.880. The minimum atomic E-state index is -0.00487. The number of nitrogens with zero attached hydrogens (tertiary/aromatic N) is 3. The molecule has 6 heteroatoms. The zero-order chi connectivity index (χ0) is 23.3. The third-order valence-corrected chi connectivity index (χ3v) is 7.51. The summed E-state index contributed by atoms with van der Waals surface area (Å²) >= 11 is 1.78. The highest BCUT2D eigenvalue weighted by Gasteiger charge is 2.20. The number of nitrogens with one attached hydrogen (secondary N) is 1. The van der Waals surface area contributed by atoms with Crippen LogP contribution in [-0.2, 0) is 6.42 Å². The standard InChI is InChI=1S/C28H30N4OS/c1-21-6-5-9-25-26(21)30-28(34-25)32-18-16-31(17-19-32)15-14-29-27(33)24-12-10-23(11-13-24)20-22-7-3-2-4-8-22/h2-13H,14-20H2,1H3,(H,29,33). The van der Waals surface area contributed by atoms with E-state index in [9.17, 15) is 4.79 Å². The summed E-state index contributed by atoms with van der Waals surface area (Å²) in [4.78, 5) is 22.2. The number of amides is 1. The van der Waals surface area contributed by atoms with E-state index in [1.54, 1.807) is 11.3 Å². The number of hydrogen-bond acceptors (Lipinski definition) is 5. The molecule has 1 fully saturated rings. The van der Waals surface area contributed by atoms with Crippen LogP contribution >= 0.6 is 11.3 Å². The Hall–Kier alpha value is -3.22. The van der Waals surface area contributed by atoms with Gasteiger partial charge in [-0.2, -0.15) is 0 Å². The molecule has 0 unspecified atom stereocenters. The highest BCUT2D eigenvalue weighted by molar-refractivity contribution is 7.22. The van der Waals surface area contributed by atoms with Crippen molar-refractivity contribution < 1.29 is 4.79 Å². The quantitative estimate of drug-likeness (QED) is 0.424. The van der Waals surface area contributed by atoms with Crippen molar-refractivity contribution in [2.45, 2.75) is 13.3 Å². The van der Waals surface area contributed by atoms with Gasteiger partial charge in [0.05, 0.1) is 10.2 Å². The van der Waals surface area contributed by atoms with Crippen LogP contribution in [0, 0.1) is 6.92 Å². The molecule has 5 rings (SSSR count). The normalized spacial score (nSPS) is 14.4. The number of hydrogen-bond donors (Lipinski definition) is 1. The summed E-state index contributed by atoms with van der Waals surface area (Å²) in [7, 11) is 0. The molecule has 2 heterocycles. The van der Waals surface area contributed by atoms with Crippen LogP contribution in [0.15, 0.2) is 72.8 Å². The topological polar surface area (TPSA) is 48.5 Å². The molecule has 1 aliphatic heterocycles. The van der Waals surface area contributed by atoms with E-state index in [4.69, 9.17) is 4.98 Å². The number of piperazine rings is 1. The summed E-state index contributed by atoms with van der Waals surface area (Å²) in [5.41, 5.74) is 5.57. The van der Waals surface area contributed by atoms with Crippen molar-refractivity contribution in [3.8, 4) is 0 Å². The lowest BCUT2D eigenvalue weighted by Gasteiger charge is -2.34. The fourth-order valence-electron chi connectivity index (χ4n) is 4.41. The maximum atomic E-state index is 12.6. The largest absolute Gasteiger partial charge is 0.351 e. The summed E-state index contributed by atoms with van der Waals surface area (Å²) in [5, 5.41) is 4.20. The molecule has 1 amide bonds. The number of anilines is 1. The molecule has 1 aliphatic rings. The minimum Gasteiger partial charge on any atom is -0.351 e. The number of carbonyl (C=O) groups is 1. The van der Waals surface area contributed by atoms with E-state index in [0.29, 0.717) is 12.1 Å². The molecule has 0 radical (unpaired) electrons. The molecule has 1 aromatic heterocycles. The van der Waals surface area contributed by atoms with Crippen LogP contribution in [-0.4, -0.2) is 55.1 Å². The number of rotatable bonds is 7. The molecule has 4 aromatic rings. The second kappa shape index (κ2) is 10.4. The van der Waals surface area contributed by atoms with Gasteiger partial charge in [0, 0.05) is 44.8 Å². The summed E-state index contributed by atoms with van der Waals surface area (Å²) in [5.74, 6) is -0.00487. The molecule has 1 saturated heterocycles. The molecule has 0 saturated carbocycles. The fraction of sp³-hybridized carbons (Fsp3) is 0.286. The van der Waals surface area contributed by atoms with Gasteiger partial charge >= 0.3 is 0 Å². The predicted molar refractivity (Wildman–Crippen MR) is 141 cm³/mol. The van der Waals surface area contributed by atoms with Crippen LogP contribution in [0.2, 0.25) is 0 Å². The SMILES string of the molecule is Cc1cccc2sc(N3CCN(CCNC(=O)c4ccc(Cc5ccccc5)cc4)CC3)nc12. The Morgan fingerprint density at radius 2 is 1.65 bits per heavy atom. The van der Waals surface area contributed by atoms with Gasteiger partial charge in [-0.3, -0.25) is 9.69 Å². The van der Waals surface area contributed by atoms with Gasteiger partial charge in [-0.25, -0.2) is 4.98 Å². The van der Waals surface area contributed by atoms with Crippen LogP contribution in [0.4, 0.5) is 5.13 Å². The Labute approximate surface area is 205 Å². The Balaban J connectivity index is 1.06. The Bertz CT molecular complexity index is 1240. The number of aryl methyl sites for hydroxylation is 1. The number of benzene rings is 3. The van der Waals surface area contributed by atoms with Crippen molar-refractivity contribution in [3.05, 3.63) is 95.1 Å². The Morgan fingerprint density at radius 3 is 2.38 bits per heavy atom. The van der Waals surface area contributed by atoms with Crippen molar-refractivity contribution in [2.24, 2.45) is 0 Å². The molecule has 0 bridgehead atoms. The van der Waals surface area contributed by atoms with Crippen LogP contribution in [0.25, 0.3) is 10.2 Å². The third-order valence-electron chi connectivity index (χ3n) is 6.43. The van der Waals surface area contributed by atoms with E-state index in [1.165, 1.54) is 21.4 Å². The van der Waals surface area contributed by atoms with E-state index in [0.717, 1.165) is 49.8 Å². The summed E-state index contributed by atoms with van der Waals surface area (Å²) in [6, 6.07) is 24.7. The number of fused-ring (bicyclic) bond motifs is 1. The summed E-state index contributed by atoms with van der Waals surface area (Å²) in [6.45, 7) is 7.55. The van der Waals surface area contributed by atoms with Crippen molar-refractivity contribution in [1.82, 2.24) is 15.2 Å². The van der Waals surface area contributed by atoms with Gasteiger partial charge in [-0.1, -0.05) is 65.9 Å². The summed E-state index contributed by atoms with van der Waals surface area (Å²) < 4.78 is 1.26. The number of aromatic nitrogens is 1. The van der Waals surface area contributed by atoms with Gasteiger partial charge in [0.15, 0.2) is 5.13 Å². The number of carbonyl (C=O) groups excluding carboxylic acids is 1. The first-order chi connectivity index (χ1) is 16.7. The number of para-hydroxylation sites is 1. The van der Waals surface area contributed by atoms with E-state index >= 15 is 0 Å². The van der Waals surface area contributed by atoms with Gasteiger partial charge in [-0.15, -0.1) is 0 Å². The van der Waals surface area contributed by atoms with E-state index in [2.05, 4.69) is 64.5 Å². The molecular formula is C28H30N4OS. The zero-order valence-electron chi connectivity index (χ0n) is 19.5. The van der Waals surface area contributed by atoms with E-state index < -0.39 is 0 Å². The van der Waals surface area contributed by atoms with Gasteiger partial charge < -0.3 is 10.2 Å². The van der Waals surface area contributed by atoms with Crippen molar-refractivity contribution >= 4 is 32.6 Å². The van der Waals surface area contributed by atoms with Crippen LogP contribution in [0.5, 0.6) is 0 Å². The molecule has 0 aliphatic carbocycles. The van der Waals surface area contributed by atoms with Gasteiger partial charge in [0.2, 0.25) is 0 Å². The Morgan fingerprint density at radius 1 is 0.912 bits per heavy atom. The molecular weight excluding hydrogens is 440 g/mol. The molecule has 5 nitrogen and oxygen atoms in total. The molecule has 174 valence electrons. The zero-order valence-corrected chi connectivity index (χ0v) is 20.4. The first kappa shape index (κ1) is 22.6.